The molecule has 1 aromatic rings. The number of hydrogen-bond acceptors (Lipinski definition) is 6. The van der Waals surface area contributed by atoms with Crippen LogP contribution in [0.15, 0.2) is 35.5 Å². The predicted molar refractivity (Wildman–Crippen MR) is 130 cm³/mol. The number of fused-ring (bicyclic) bond motifs is 3. The highest BCUT2D eigenvalue weighted by Gasteiger charge is 2.53. The van der Waals surface area contributed by atoms with Gasteiger partial charge in [-0.05, 0) is 47.3 Å². The Hall–Kier alpha value is -3.00. The molecular formula is C26H36N2O6. The zero-order chi connectivity index (χ0) is 25.5. The number of hydrogen-bond donors (Lipinski definition) is 3. The quantitative estimate of drug-likeness (QED) is 0.235. The molecule has 3 rings (SSSR count). The summed E-state index contributed by atoms with van der Waals surface area (Å²) in [6.07, 6.45) is 6.92. The number of carbonyl (C=O) groups is 3. The van der Waals surface area contributed by atoms with Crippen LogP contribution in [0.25, 0.3) is 0 Å². The van der Waals surface area contributed by atoms with Crippen LogP contribution in [0.1, 0.15) is 80.8 Å². The van der Waals surface area contributed by atoms with Gasteiger partial charge in [0.1, 0.15) is 6.61 Å². The minimum atomic E-state index is -1.26. The summed E-state index contributed by atoms with van der Waals surface area (Å²) in [5.74, 6) is -1.56. The Morgan fingerprint density at radius 3 is 2.41 bits per heavy atom. The van der Waals surface area contributed by atoms with E-state index in [1.807, 2.05) is 6.21 Å². The second kappa shape index (κ2) is 11.4. The molecule has 1 aromatic carbocycles. The van der Waals surface area contributed by atoms with Crippen LogP contribution in [0.3, 0.4) is 0 Å². The van der Waals surface area contributed by atoms with Crippen molar-refractivity contribution >= 4 is 23.9 Å². The van der Waals surface area contributed by atoms with Gasteiger partial charge in [-0.1, -0.05) is 51.4 Å². The van der Waals surface area contributed by atoms with Crippen LogP contribution in [-0.4, -0.2) is 47.3 Å². The van der Waals surface area contributed by atoms with Gasteiger partial charge in [-0.2, -0.15) is 0 Å². The molecule has 0 saturated heterocycles. The minimum absolute atomic E-state index is 0.00560. The fourth-order valence-electron chi connectivity index (χ4n) is 5.20. The standard InChI is InChI=1S/C22H32N2O2.C4H4O4/c1-15(2)16-6-7-18-17(12-16)19(25)13-20-21(3,14-24-26-11-10-23)8-5-9-22(18,20)4;5-3(6)1-2-4(7)8/h6-7,12,14-15,20H,5,8-11,13,23H2,1-4H3;1-2H,(H,5,6)(H,7,8)/b24-14+;2-1+/t20?,21-,22-;/m1./s1. The van der Waals surface area contributed by atoms with Crippen LogP contribution in [0.4, 0.5) is 0 Å². The van der Waals surface area contributed by atoms with Crippen molar-refractivity contribution in [2.75, 3.05) is 13.2 Å². The lowest BCUT2D eigenvalue weighted by molar-refractivity contribution is -0.134. The third-order valence-corrected chi connectivity index (χ3v) is 6.99. The van der Waals surface area contributed by atoms with Gasteiger partial charge in [0.25, 0.3) is 0 Å². The van der Waals surface area contributed by atoms with E-state index < -0.39 is 11.9 Å². The molecule has 8 nitrogen and oxygen atoms in total. The van der Waals surface area contributed by atoms with Crippen LogP contribution in [0, 0.1) is 11.3 Å². The molecule has 34 heavy (non-hydrogen) atoms. The summed E-state index contributed by atoms with van der Waals surface area (Å²) in [5.41, 5.74) is 8.75. The van der Waals surface area contributed by atoms with Crippen molar-refractivity contribution in [3.8, 4) is 0 Å². The molecule has 0 bridgehead atoms. The Bertz CT molecular complexity index is 954. The molecule has 0 amide bonds. The number of carboxylic acids is 2. The van der Waals surface area contributed by atoms with Gasteiger partial charge < -0.3 is 20.8 Å². The first-order valence-electron chi connectivity index (χ1n) is 11.6. The number of ketones is 1. The first-order valence-corrected chi connectivity index (χ1v) is 11.6. The molecule has 4 N–H and O–H groups in total. The topological polar surface area (TPSA) is 139 Å². The Labute approximate surface area is 200 Å². The van der Waals surface area contributed by atoms with E-state index in [1.54, 1.807) is 0 Å². The highest BCUT2D eigenvalue weighted by Crippen LogP contribution is 2.56. The lowest BCUT2D eigenvalue weighted by Gasteiger charge is -2.53. The lowest BCUT2D eigenvalue weighted by Crippen LogP contribution is -2.51. The predicted octanol–water partition coefficient (Wildman–Crippen LogP) is 4.13. The summed E-state index contributed by atoms with van der Waals surface area (Å²) in [6, 6.07) is 6.55. The van der Waals surface area contributed by atoms with Crippen LogP contribution in [-0.2, 0) is 19.8 Å². The summed E-state index contributed by atoms with van der Waals surface area (Å²) >= 11 is 0. The van der Waals surface area contributed by atoms with Gasteiger partial charge in [0.2, 0.25) is 0 Å². The van der Waals surface area contributed by atoms with Gasteiger partial charge in [-0.3, -0.25) is 4.79 Å². The molecule has 1 saturated carbocycles. The van der Waals surface area contributed by atoms with Crippen LogP contribution < -0.4 is 5.73 Å². The molecule has 0 heterocycles. The molecule has 0 spiro atoms. The summed E-state index contributed by atoms with van der Waals surface area (Å²) in [4.78, 5) is 37.4. The van der Waals surface area contributed by atoms with Gasteiger partial charge in [-0.25, -0.2) is 9.59 Å². The smallest absolute Gasteiger partial charge is 0.328 e. The van der Waals surface area contributed by atoms with Crippen molar-refractivity contribution in [3.63, 3.8) is 0 Å². The maximum Gasteiger partial charge on any atom is 0.328 e. The molecule has 0 radical (unpaired) electrons. The van der Waals surface area contributed by atoms with E-state index in [2.05, 4.69) is 51.0 Å². The van der Waals surface area contributed by atoms with E-state index >= 15 is 0 Å². The van der Waals surface area contributed by atoms with Crippen LogP contribution >= 0.6 is 0 Å². The molecule has 0 aromatic heterocycles. The van der Waals surface area contributed by atoms with Gasteiger partial charge in [0.15, 0.2) is 5.78 Å². The molecule has 186 valence electrons. The average molecular weight is 473 g/mol. The molecule has 2 aliphatic carbocycles. The van der Waals surface area contributed by atoms with Gasteiger partial charge in [0.05, 0.1) is 0 Å². The SMILES string of the molecule is CC(C)c1ccc2c(c1)C(=O)CC1[C@@](C)(/C=N/OCCN)CCC[C@]21C.O=C(O)/C=C/C(=O)O. The van der Waals surface area contributed by atoms with E-state index in [9.17, 15) is 14.4 Å². The Balaban J connectivity index is 0.000000440. The number of aliphatic carboxylic acids is 2. The number of nitrogens with two attached hydrogens (primary N) is 1. The van der Waals surface area contributed by atoms with Crippen molar-refractivity contribution in [3.05, 3.63) is 47.0 Å². The highest BCUT2D eigenvalue weighted by molar-refractivity contribution is 6.00. The molecular weight excluding hydrogens is 436 g/mol. The maximum atomic E-state index is 13.0. The number of nitrogens with zero attached hydrogens (tertiary/aromatic N) is 1. The van der Waals surface area contributed by atoms with Gasteiger partial charge >= 0.3 is 11.9 Å². The normalized spacial score (nSPS) is 26.1. The third-order valence-electron chi connectivity index (χ3n) is 6.99. The number of benzene rings is 1. The largest absolute Gasteiger partial charge is 0.478 e. The van der Waals surface area contributed by atoms with E-state index in [1.165, 1.54) is 11.1 Å². The second-order valence-corrected chi connectivity index (χ2v) is 9.78. The number of rotatable bonds is 7. The molecule has 2 aliphatic rings. The van der Waals surface area contributed by atoms with Gasteiger partial charge in [0, 0.05) is 42.3 Å². The van der Waals surface area contributed by atoms with E-state index in [0.29, 0.717) is 37.6 Å². The van der Waals surface area contributed by atoms with Gasteiger partial charge in [-0.15, -0.1) is 0 Å². The van der Waals surface area contributed by atoms with E-state index in [4.69, 9.17) is 20.8 Å². The molecule has 8 heteroatoms. The lowest BCUT2D eigenvalue weighted by atomic mass is 9.50. The summed E-state index contributed by atoms with van der Waals surface area (Å²) in [5, 5.41) is 19.8. The zero-order valence-corrected chi connectivity index (χ0v) is 20.4. The van der Waals surface area contributed by atoms with Crippen LogP contribution in [0.5, 0.6) is 0 Å². The number of Topliss-reactive ketones (excluding diaryl/α,β-unsaturated/α-hetero) is 1. The number of carbonyl (C=O) groups excluding carboxylic acids is 1. The third kappa shape index (κ3) is 6.32. The van der Waals surface area contributed by atoms with Crippen molar-refractivity contribution in [1.29, 1.82) is 0 Å². The number of oxime groups is 1. The fourth-order valence-corrected chi connectivity index (χ4v) is 5.20. The van der Waals surface area contributed by atoms with E-state index in [0.717, 1.165) is 24.8 Å². The fraction of sp³-hybridized carbons (Fsp3) is 0.538. The Kier molecular flexibility index (Phi) is 9.15. The molecule has 1 fully saturated rings. The highest BCUT2D eigenvalue weighted by atomic mass is 16.6. The second-order valence-electron chi connectivity index (χ2n) is 9.78. The van der Waals surface area contributed by atoms with Crippen LogP contribution in [0.2, 0.25) is 0 Å². The minimum Gasteiger partial charge on any atom is -0.478 e. The molecule has 3 atom stereocenters. The first kappa shape index (κ1) is 27.2. The van der Waals surface area contributed by atoms with Crippen molar-refractivity contribution in [2.24, 2.45) is 22.2 Å². The maximum absolute atomic E-state index is 13.0. The monoisotopic (exact) mass is 472 g/mol. The molecule has 1 unspecified atom stereocenters. The summed E-state index contributed by atoms with van der Waals surface area (Å²) < 4.78 is 0. The first-order chi connectivity index (χ1) is 15.9. The van der Waals surface area contributed by atoms with Crippen molar-refractivity contribution in [1.82, 2.24) is 0 Å². The molecule has 0 aliphatic heterocycles. The van der Waals surface area contributed by atoms with Crippen molar-refractivity contribution in [2.45, 2.75) is 64.7 Å². The van der Waals surface area contributed by atoms with Crippen molar-refractivity contribution < 1.29 is 29.4 Å². The Morgan fingerprint density at radius 1 is 1.21 bits per heavy atom. The summed E-state index contributed by atoms with van der Waals surface area (Å²) in [7, 11) is 0. The number of carboxylic acid groups (broad SMARTS) is 2. The zero-order valence-electron chi connectivity index (χ0n) is 20.4. The summed E-state index contributed by atoms with van der Waals surface area (Å²) in [6.45, 7) is 9.80. The van der Waals surface area contributed by atoms with E-state index in [-0.39, 0.29) is 22.5 Å². The Morgan fingerprint density at radius 2 is 1.85 bits per heavy atom. The average Bonchev–Trinajstić information content (AvgIpc) is 2.77.